The summed E-state index contributed by atoms with van der Waals surface area (Å²) in [6.45, 7) is 3.03. The van der Waals surface area contributed by atoms with Gasteiger partial charge in [-0.3, -0.25) is 9.59 Å². The van der Waals surface area contributed by atoms with Crippen LogP contribution in [0.25, 0.3) is 0 Å². The number of aliphatic carboxylic acids is 1. The third-order valence-corrected chi connectivity index (χ3v) is 6.26. The molecule has 0 aromatic heterocycles. The zero-order valence-corrected chi connectivity index (χ0v) is 16.4. The van der Waals surface area contributed by atoms with E-state index in [1.54, 1.807) is 4.90 Å². The molecule has 27 heavy (non-hydrogen) atoms. The second-order valence-corrected chi connectivity index (χ2v) is 8.15. The SMILES string of the molecule is CCSCc1ccc(C(=O)N2CCC(C(=O)O)(c3ccccc3)CC2)cc1. The zero-order chi connectivity index (χ0) is 19.3. The van der Waals surface area contributed by atoms with Crippen LogP contribution in [0.5, 0.6) is 0 Å². The lowest BCUT2D eigenvalue weighted by atomic mass is 9.73. The number of benzene rings is 2. The van der Waals surface area contributed by atoms with Gasteiger partial charge in [0.05, 0.1) is 5.41 Å². The molecular weight excluding hydrogens is 358 g/mol. The van der Waals surface area contributed by atoms with E-state index < -0.39 is 11.4 Å². The minimum Gasteiger partial charge on any atom is -0.481 e. The Bertz CT molecular complexity index is 781. The number of carbonyl (C=O) groups excluding carboxylic acids is 1. The van der Waals surface area contributed by atoms with Crippen molar-refractivity contribution in [2.75, 3.05) is 18.8 Å². The van der Waals surface area contributed by atoms with E-state index in [4.69, 9.17) is 0 Å². The van der Waals surface area contributed by atoms with Crippen LogP contribution in [0.4, 0.5) is 0 Å². The Labute approximate surface area is 164 Å². The third kappa shape index (κ3) is 4.19. The summed E-state index contributed by atoms with van der Waals surface area (Å²) in [5, 5.41) is 9.88. The average molecular weight is 384 g/mol. The standard InChI is InChI=1S/C22H25NO3S/c1-2-27-16-17-8-10-18(11-9-17)20(24)23-14-12-22(13-15-23,21(25)26)19-6-4-3-5-7-19/h3-11H,2,12-16H2,1H3,(H,25,26). The summed E-state index contributed by atoms with van der Waals surface area (Å²) in [6.07, 6.45) is 0.868. The van der Waals surface area contributed by atoms with E-state index in [1.165, 1.54) is 5.56 Å². The third-order valence-electron chi connectivity index (χ3n) is 5.31. The van der Waals surface area contributed by atoms with Crippen LogP contribution in [0, 0.1) is 0 Å². The molecule has 0 radical (unpaired) electrons. The average Bonchev–Trinajstić information content (AvgIpc) is 2.72. The molecule has 0 saturated carbocycles. The van der Waals surface area contributed by atoms with Gasteiger partial charge >= 0.3 is 5.97 Å². The van der Waals surface area contributed by atoms with Crippen molar-refractivity contribution in [2.45, 2.75) is 30.9 Å². The van der Waals surface area contributed by atoms with Gasteiger partial charge in [0.2, 0.25) is 0 Å². The predicted molar refractivity (Wildman–Crippen MR) is 109 cm³/mol. The first-order valence-electron chi connectivity index (χ1n) is 9.32. The molecule has 1 aliphatic rings. The molecule has 1 heterocycles. The van der Waals surface area contributed by atoms with Gasteiger partial charge in [0.25, 0.3) is 5.91 Å². The van der Waals surface area contributed by atoms with Gasteiger partial charge in [-0.2, -0.15) is 11.8 Å². The summed E-state index contributed by atoms with van der Waals surface area (Å²) < 4.78 is 0. The molecule has 2 aromatic rings. The fraction of sp³-hybridized carbons (Fsp3) is 0.364. The van der Waals surface area contributed by atoms with Crippen LogP contribution in [0.1, 0.15) is 41.3 Å². The van der Waals surface area contributed by atoms with E-state index in [1.807, 2.05) is 66.4 Å². The van der Waals surface area contributed by atoms with Crippen LogP contribution >= 0.6 is 11.8 Å². The highest BCUT2D eigenvalue weighted by Crippen LogP contribution is 2.36. The molecule has 0 bridgehead atoms. The van der Waals surface area contributed by atoms with Gasteiger partial charge in [0, 0.05) is 24.4 Å². The van der Waals surface area contributed by atoms with Crippen LogP contribution < -0.4 is 0 Å². The highest BCUT2D eigenvalue weighted by atomic mass is 32.2. The molecule has 0 atom stereocenters. The van der Waals surface area contributed by atoms with Gasteiger partial charge in [0.1, 0.15) is 0 Å². The quantitative estimate of drug-likeness (QED) is 0.812. The Morgan fingerprint density at radius 3 is 2.22 bits per heavy atom. The first-order chi connectivity index (χ1) is 13.1. The number of carbonyl (C=O) groups is 2. The highest BCUT2D eigenvalue weighted by Gasteiger charge is 2.43. The van der Waals surface area contributed by atoms with Crippen molar-refractivity contribution in [1.82, 2.24) is 4.90 Å². The first kappa shape index (κ1) is 19.5. The Morgan fingerprint density at radius 1 is 1.04 bits per heavy atom. The predicted octanol–water partition coefficient (Wildman–Crippen LogP) is 4.20. The molecule has 0 aliphatic carbocycles. The molecule has 4 nitrogen and oxygen atoms in total. The second-order valence-electron chi connectivity index (χ2n) is 6.88. The van der Waals surface area contributed by atoms with E-state index in [-0.39, 0.29) is 5.91 Å². The normalized spacial score (nSPS) is 16.1. The van der Waals surface area contributed by atoms with Gasteiger partial charge in [-0.1, -0.05) is 49.4 Å². The van der Waals surface area contributed by atoms with Crippen molar-refractivity contribution in [3.63, 3.8) is 0 Å². The molecule has 3 rings (SSSR count). The fourth-order valence-corrected chi connectivity index (χ4v) is 4.25. The van der Waals surface area contributed by atoms with Gasteiger partial charge in [0.15, 0.2) is 0 Å². The maximum atomic E-state index is 12.8. The molecule has 1 amide bonds. The molecule has 1 saturated heterocycles. The van der Waals surface area contributed by atoms with Crippen LogP contribution in [0.15, 0.2) is 54.6 Å². The van der Waals surface area contributed by atoms with E-state index in [0.29, 0.717) is 31.5 Å². The van der Waals surface area contributed by atoms with Crippen molar-refractivity contribution in [3.8, 4) is 0 Å². The highest BCUT2D eigenvalue weighted by molar-refractivity contribution is 7.98. The molecule has 0 spiro atoms. The number of amides is 1. The van der Waals surface area contributed by atoms with Crippen molar-refractivity contribution in [2.24, 2.45) is 0 Å². The van der Waals surface area contributed by atoms with E-state index in [9.17, 15) is 14.7 Å². The summed E-state index contributed by atoms with van der Waals surface area (Å²) in [7, 11) is 0. The molecule has 1 fully saturated rings. The molecule has 1 N–H and O–H groups in total. The molecular formula is C22H25NO3S. The van der Waals surface area contributed by atoms with Crippen LogP contribution in [-0.4, -0.2) is 40.7 Å². The first-order valence-corrected chi connectivity index (χ1v) is 10.5. The molecule has 5 heteroatoms. The maximum absolute atomic E-state index is 12.8. The van der Waals surface area contributed by atoms with Crippen LogP contribution in [0.3, 0.4) is 0 Å². The largest absolute Gasteiger partial charge is 0.481 e. The van der Waals surface area contributed by atoms with E-state index in [2.05, 4.69) is 6.92 Å². The summed E-state index contributed by atoms with van der Waals surface area (Å²) >= 11 is 1.85. The number of likely N-dealkylation sites (tertiary alicyclic amines) is 1. The lowest BCUT2D eigenvalue weighted by molar-refractivity contribution is -0.145. The molecule has 142 valence electrons. The fourth-order valence-electron chi connectivity index (χ4n) is 3.62. The van der Waals surface area contributed by atoms with Crippen molar-refractivity contribution in [1.29, 1.82) is 0 Å². The Morgan fingerprint density at radius 2 is 1.67 bits per heavy atom. The lowest BCUT2D eigenvalue weighted by Gasteiger charge is -2.39. The van der Waals surface area contributed by atoms with E-state index in [0.717, 1.165) is 17.1 Å². The maximum Gasteiger partial charge on any atom is 0.314 e. The molecule has 0 unspecified atom stereocenters. The lowest BCUT2D eigenvalue weighted by Crippen LogP contribution is -2.49. The minimum atomic E-state index is -0.903. The topological polar surface area (TPSA) is 57.6 Å². The van der Waals surface area contributed by atoms with Crippen molar-refractivity contribution >= 4 is 23.6 Å². The summed E-state index contributed by atoms with van der Waals surface area (Å²) in [5.41, 5.74) is 1.80. The minimum absolute atomic E-state index is 0.0169. The number of thioether (sulfide) groups is 1. The Balaban J connectivity index is 1.69. The summed E-state index contributed by atoms with van der Waals surface area (Å²) in [6, 6.07) is 17.1. The number of nitrogens with zero attached hydrogens (tertiary/aromatic N) is 1. The number of hydrogen-bond acceptors (Lipinski definition) is 3. The van der Waals surface area contributed by atoms with Crippen LogP contribution in [0.2, 0.25) is 0 Å². The van der Waals surface area contributed by atoms with Gasteiger partial charge in [-0.25, -0.2) is 0 Å². The van der Waals surface area contributed by atoms with Crippen molar-refractivity contribution in [3.05, 3.63) is 71.3 Å². The Kier molecular flexibility index (Phi) is 6.22. The number of carboxylic acid groups (broad SMARTS) is 1. The number of hydrogen-bond donors (Lipinski definition) is 1. The summed E-state index contributed by atoms with van der Waals surface area (Å²) in [4.78, 5) is 26.6. The van der Waals surface area contributed by atoms with Gasteiger partial charge in [-0.15, -0.1) is 0 Å². The number of carboxylic acids is 1. The smallest absolute Gasteiger partial charge is 0.314 e. The van der Waals surface area contributed by atoms with Gasteiger partial charge < -0.3 is 10.0 Å². The Hall–Kier alpha value is -2.27. The number of rotatable bonds is 6. The summed E-state index contributed by atoms with van der Waals surface area (Å²) in [5.74, 6) is 1.20. The molecule has 2 aromatic carbocycles. The zero-order valence-electron chi connectivity index (χ0n) is 15.6. The van der Waals surface area contributed by atoms with Crippen molar-refractivity contribution < 1.29 is 14.7 Å². The van der Waals surface area contributed by atoms with E-state index >= 15 is 0 Å². The van der Waals surface area contributed by atoms with Gasteiger partial charge in [-0.05, 0) is 41.9 Å². The van der Waals surface area contributed by atoms with Crippen LogP contribution in [-0.2, 0) is 16.0 Å². The second kappa shape index (κ2) is 8.61. The molecule has 1 aliphatic heterocycles. The number of piperidine rings is 1. The monoisotopic (exact) mass is 383 g/mol.